The van der Waals surface area contributed by atoms with Crippen LogP contribution < -0.4 is 0 Å². The Morgan fingerprint density at radius 1 is 1.11 bits per heavy atom. The Balaban J connectivity index is 2.41. The van der Waals surface area contributed by atoms with Gasteiger partial charge >= 0.3 is 0 Å². The van der Waals surface area contributed by atoms with E-state index in [4.69, 9.17) is 0 Å². The van der Waals surface area contributed by atoms with Crippen molar-refractivity contribution in [3.05, 3.63) is 47.4 Å². The number of carbonyl (C=O) groups excluding carboxylic acids is 1. The van der Waals surface area contributed by atoms with Crippen LogP contribution in [0.1, 0.15) is 24.0 Å². The summed E-state index contributed by atoms with van der Waals surface area (Å²) in [5.74, 6) is 0.675. The molecule has 0 aliphatic rings. The van der Waals surface area contributed by atoms with Crippen LogP contribution in [-0.2, 0) is 11.2 Å². The Morgan fingerprint density at radius 2 is 1.78 bits per heavy atom. The zero-order valence-corrected chi connectivity index (χ0v) is 10.9. The Kier molecular flexibility index (Phi) is 3.51. The predicted octanol–water partition coefficient (Wildman–Crippen LogP) is 2.89. The third-order valence-corrected chi connectivity index (χ3v) is 2.65. The fourth-order valence-corrected chi connectivity index (χ4v) is 1.80. The van der Waals surface area contributed by atoms with E-state index in [0.717, 1.165) is 17.0 Å². The van der Waals surface area contributed by atoms with Gasteiger partial charge in [-0.1, -0.05) is 29.8 Å². The highest BCUT2D eigenvalue weighted by molar-refractivity contribution is 5.77. The van der Waals surface area contributed by atoms with E-state index in [2.05, 4.69) is 29.0 Å². The highest BCUT2D eigenvalue weighted by atomic mass is 16.1. The summed E-state index contributed by atoms with van der Waals surface area (Å²) in [7, 11) is 0. The number of rotatable bonds is 3. The molecule has 1 aromatic carbocycles. The van der Waals surface area contributed by atoms with Gasteiger partial charge in [-0.2, -0.15) is 0 Å². The molecule has 0 radical (unpaired) electrons. The summed E-state index contributed by atoms with van der Waals surface area (Å²) in [5.41, 5.74) is 4.03. The molecule has 1 heterocycles. The Morgan fingerprint density at radius 3 is 2.39 bits per heavy atom. The second kappa shape index (κ2) is 5.08. The van der Waals surface area contributed by atoms with Gasteiger partial charge < -0.3 is 0 Å². The van der Waals surface area contributed by atoms with Crippen LogP contribution in [0.2, 0.25) is 0 Å². The number of Topliss-reactive ketones (excluding diaryl/α,β-unsaturated/α-hetero) is 1. The molecule has 0 spiro atoms. The van der Waals surface area contributed by atoms with Crippen molar-refractivity contribution >= 4 is 5.78 Å². The molecule has 0 bridgehead atoms. The van der Waals surface area contributed by atoms with E-state index in [1.165, 1.54) is 5.56 Å². The second-order valence-corrected chi connectivity index (χ2v) is 4.56. The molecule has 3 nitrogen and oxygen atoms in total. The lowest BCUT2D eigenvalue weighted by Gasteiger charge is -2.05. The SMILES string of the molecule is CC(=O)Cc1nc(C)cc(-c2ccc(C)cc2)n1. The lowest BCUT2D eigenvalue weighted by Crippen LogP contribution is -2.04. The first-order valence-corrected chi connectivity index (χ1v) is 5.95. The zero-order chi connectivity index (χ0) is 13.1. The average Bonchev–Trinajstić information content (AvgIpc) is 2.28. The van der Waals surface area contributed by atoms with Crippen LogP contribution in [0.4, 0.5) is 0 Å². The van der Waals surface area contributed by atoms with Gasteiger partial charge in [0.15, 0.2) is 0 Å². The van der Waals surface area contributed by atoms with Crippen molar-refractivity contribution in [1.82, 2.24) is 9.97 Å². The van der Waals surface area contributed by atoms with E-state index in [1.807, 2.05) is 25.1 Å². The summed E-state index contributed by atoms with van der Waals surface area (Å²) in [6.07, 6.45) is 0.292. The van der Waals surface area contributed by atoms with E-state index in [9.17, 15) is 4.79 Å². The predicted molar refractivity (Wildman–Crippen MR) is 71.3 cm³/mol. The molecule has 92 valence electrons. The summed E-state index contributed by atoms with van der Waals surface area (Å²) in [5, 5.41) is 0. The van der Waals surface area contributed by atoms with Crippen LogP contribution in [0.3, 0.4) is 0 Å². The van der Waals surface area contributed by atoms with E-state index in [1.54, 1.807) is 6.92 Å². The maximum Gasteiger partial charge on any atom is 0.137 e. The standard InChI is InChI=1S/C15H16N2O/c1-10-4-6-13(7-5-10)14-8-11(2)16-15(17-14)9-12(3)18/h4-8H,9H2,1-3H3. The van der Waals surface area contributed by atoms with Crippen molar-refractivity contribution in [2.75, 3.05) is 0 Å². The molecule has 1 aromatic heterocycles. The van der Waals surface area contributed by atoms with Crippen molar-refractivity contribution < 1.29 is 4.79 Å². The molecule has 0 atom stereocenters. The quantitative estimate of drug-likeness (QED) is 0.828. The van der Waals surface area contributed by atoms with Crippen molar-refractivity contribution in [3.63, 3.8) is 0 Å². The van der Waals surface area contributed by atoms with Crippen molar-refractivity contribution in [1.29, 1.82) is 0 Å². The first-order valence-electron chi connectivity index (χ1n) is 5.95. The molecule has 0 unspecified atom stereocenters. The number of nitrogens with zero attached hydrogens (tertiary/aromatic N) is 2. The summed E-state index contributed by atoms with van der Waals surface area (Å²) in [4.78, 5) is 19.9. The summed E-state index contributed by atoms with van der Waals surface area (Å²) >= 11 is 0. The van der Waals surface area contributed by atoms with E-state index in [-0.39, 0.29) is 5.78 Å². The Bertz CT molecular complexity index is 574. The lowest BCUT2D eigenvalue weighted by atomic mass is 10.1. The minimum absolute atomic E-state index is 0.0791. The molecule has 0 aliphatic heterocycles. The first kappa shape index (κ1) is 12.4. The van der Waals surface area contributed by atoms with Gasteiger partial charge in [-0.25, -0.2) is 9.97 Å². The number of hydrogen-bond donors (Lipinski definition) is 0. The highest BCUT2D eigenvalue weighted by Gasteiger charge is 2.06. The lowest BCUT2D eigenvalue weighted by molar-refractivity contribution is -0.116. The van der Waals surface area contributed by atoms with Gasteiger partial charge in [-0.05, 0) is 26.8 Å². The number of hydrogen-bond acceptors (Lipinski definition) is 3. The molecule has 3 heteroatoms. The molecule has 0 fully saturated rings. The third kappa shape index (κ3) is 3.00. The molecule has 2 rings (SSSR count). The molecule has 0 N–H and O–H groups in total. The molecular formula is C15H16N2O. The molecule has 18 heavy (non-hydrogen) atoms. The van der Waals surface area contributed by atoms with E-state index >= 15 is 0 Å². The second-order valence-electron chi connectivity index (χ2n) is 4.56. The van der Waals surface area contributed by atoms with Gasteiger partial charge in [0, 0.05) is 11.3 Å². The minimum atomic E-state index is 0.0791. The van der Waals surface area contributed by atoms with Crippen LogP contribution in [0.5, 0.6) is 0 Å². The number of aromatic nitrogens is 2. The van der Waals surface area contributed by atoms with Crippen LogP contribution in [0.15, 0.2) is 30.3 Å². The maximum absolute atomic E-state index is 11.1. The smallest absolute Gasteiger partial charge is 0.137 e. The van der Waals surface area contributed by atoms with Gasteiger partial charge in [0.2, 0.25) is 0 Å². The molecule has 0 aliphatic carbocycles. The Hall–Kier alpha value is -2.03. The molecule has 0 saturated carbocycles. The molecule has 2 aromatic rings. The fraction of sp³-hybridized carbons (Fsp3) is 0.267. The van der Waals surface area contributed by atoms with Crippen LogP contribution in [0.25, 0.3) is 11.3 Å². The van der Waals surface area contributed by atoms with Gasteiger partial charge in [0.25, 0.3) is 0 Å². The van der Waals surface area contributed by atoms with Gasteiger partial charge in [0.1, 0.15) is 11.6 Å². The van der Waals surface area contributed by atoms with Crippen LogP contribution in [-0.4, -0.2) is 15.8 Å². The van der Waals surface area contributed by atoms with Crippen molar-refractivity contribution in [2.45, 2.75) is 27.2 Å². The average molecular weight is 240 g/mol. The van der Waals surface area contributed by atoms with Gasteiger partial charge in [-0.15, -0.1) is 0 Å². The zero-order valence-electron chi connectivity index (χ0n) is 10.9. The van der Waals surface area contributed by atoms with Gasteiger partial charge in [0.05, 0.1) is 12.1 Å². The monoisotopic (exact) mass is 240 g/mol. The summed E-state index contributed by atoms with van der Waals surface area (Å²) in [6, 6.07) is 10.1. The fourth-order valence-electron chi connectivity index (χ4n) is 1.80. The van der Waals surface area contributed by atoms with Crippen LogP contribution >= 0.6 is 0 Å². The van der Waals surface area contributed by atoms with Gasteiger partial charge in [-0.3, -0.25) is 4.79 Å². The summed E-state index contributed by atoms with van der Waals surface area (Å²) < 4.78 is 0. The van der Waals surface area contributed by atoms with Crippen molar-refractivity contribution in [2.24, 2.45) is 0 Å². The number of ketones is 1. The third-order valence-electron chi connectivity index (χ3n) is 2.65. The Labute approximate surface area is 107 Å². The number of carbonyl (C=O) groups is 1. The number of benzene rings is 1. The van der Waals surface area contributed by atoms with Crippen LogP contribution in [0, 0.1) is 13.8 Å². The topological polar surface area (TPSA) is 42.9 Å². The highest BCUT2D eigenvalue weighted by Crippen LogP contribution is 2.18. The largest absolute Gasteiger partial charge is 0.300 e. The molecule has 0 saturated heterocycles. The normalized spacial score (nSPS) is 10.4. The van der Waals surface area contributed by atoms with Crippen molar-refractivity contribution in [3.8, 4) is 11.3 Å². The number of aryl methyl sites for hydroxylation is 2. The first-order chi connectivity index (χ1) is 8.54. The van der Waals surface area contributed by atoms with E-state index < -0.39 is 0 Å². The van der Waals surface area contributed by atoms with E-state index in [0.29, 0.717) is 12.2 Å². The minimum Gasteiger partial charge on any atom is -0.300 e. The molecule has 0 amide bonds. The summed E-state index contributed by atoms with van der Waals surface area (Å²) in [6.45, 7) is 5.52. The maximum atomic E-state index is 11.1. The molecular weight excluding hydrogens is 224 g/mol.